The summed E-state index contributed by atoms with van der Waals surface area (Å²) in [6.45, 7) is 5.77. The standard InChI is InChI=1S/C17H19NO2/c1-10-3-4-11(2)17-13(10)8-18-14-5-6-16(19)15(18)7-12(14)9-20-17/h3-6,12,14-15H,7-9H2,1-2H3/t12-,14-,15-/m1/s1. The predicted octanol–water partition coefficient (Wildman–Crippen LogP) is 2.39. The van der Waals surface area contributed by atoms with Crippen molar-refractivity contribution >= 4 is 5.78 Å². The van der Waals surface area contributed by atoms with Crippen molar-refractivity contribution in [2.45, 2.75) is 38.9 Å². The molecule has 0 aliphatic carbocycles. The fourth-order valence-electron chi connectivity index (χ4n) is 3.89. The number of ketones is 1. The highest BCUT2D eigenvalue weighted by molar-refractivity contribution is 5.96. The molecule has 4 bridgehead atoms. The lowest BCUT2D eigenvalue weighted by Crippen LogP contribution is -2.43. The van der Waals surface area contributed by atoms with E-state index in [1.54, 1.807) is 6.08 Å². The van der Waals surface area contributed by atoms with Crippen molar-refractivity contribution < 1.29 is 9.53 Å². The van der Waals surface area contributed by atoms with E-state index in [1.165, 1.54) is 16.7 Å². The summed E-state index contributed by atoms with van der Waals surface area (Å²) in [4.78, 5) is 14.5. The summed E-state index contributed by atoms with van der Waals surface area (Å²) in [5, 5.41) is 0. The van der Waals surface area contributed by atoms with Crippen molar-refractivity contribution in [1.82, 2.24) is 4.90 Å². The number of nitrogens with zero attached hydrogens (tertiary/aromatic N) is 1. The number of aryl methyl sites for hydroxylation is 2. The molecule has 0 saturated carbocycles. The number of rotatable bonds is 0. The van der Waals surface area contributed by atoms with Crippen molar-refractivity contribution in [2.75, 3.05) is 6.61 Å². The second kappa shape index (κ2) is 4.19. The minimum Gasteiger partial charge on any atom is -0.493 e. The molecule has 1 saturated heterocycles. The summed E-state index contributed by atoms with van der Waals surface area (Å²) < 4.78 is 6.14. The van der Waals surface area contributed by atoms with Gasteiger partial charge >= 0.3 is 0 Å². The predicted molar refractivity (Wildman–Crippen MR) is 76.8 cm³/mol. The van der Waals surface area contributed by atoms with E-state index in [4.69, 9.17) is 4.74 Å². The van der Waals surface area contributed by atoms with Crippen LogP contribution in [0.15, 0.2) is 24.3 Å². The zero-order valence-electron chi connectivity index (χ0n) is 11.9. The maximum atomic E-state index is 12.1. The Morgan fingerprint density at radius 3 is 2.90 bits per heavy atom. The number of carbonyl (C=O) groups is 1. The molecule has 3 nitrogen and oxygen atoms in total. The fraction of sp³-hybridized carbons (Fsp3) is 0.471. The molecule has 104 valence electrons. The second-order valence-electron chi connectivity index (χ2n) is 6.25. The van der Waals surface area contributed by atoms with Gasteiger partial charge in [0.1, 0.15) is 5.75 Å². The van der Waals surface area contributed by atoms with Gasteiger partial charge in [-0.2, -0.15) is 0 Å². The zero-order valence-corrected chi connectivity index (χ0v) is 11.9. The zero-order chi connectivity index (χ0) is 13.9. The van der Waals surface area contributed by atoms with Gasteiger partial charge in [0, 0.05) is 24.1 Å². The number of ether oxygens (including phenoxy) is 1. The van der Waals surface area contributed by atoms with Gasteiger partial charge in [0.25, 0.3) is 0 Å². The summed E-state index contributed by atoms with van der Waals surface area (Å²) in [6.07, 6.45) is 4.79. The molecule has 1 unspecified atom stereocenters. The van der Waals surface area contributed by atoms with Gasteiger partial charge in [-0.15, -0.1) is 0 Å². The smallest absolute Gasteiger partial charge is 0.172 e. The first-order valence-corrected chi connectivity index (χ1v) is 7.35. The normalized spacial score (nSPS) is 34.2. The molecule has 0 aromatic heterocycles. The first-order chi connectivity index (χ1) is 9.65. The minimum atomic E-state index is 0.0597. The van der Waals surface area contributed by atoms with E-state index in [1.807, 2.05) is 0 Å². The van der Waals surface area contributed by atoms with Crippen LogP contribution in [0.1, 0.15) is 23.1 Å². The maximum Gasteiger partial charge on any atom is 0.172 e. The van der Waals surface area contributed by atoms with E-state index in [0.29, 0.717) is 18.6 Å². The third kappa shape index (κ3) is 1.59. The SMILES string of the molecule is Cc1ccc(C)c2c1CN1[C@@H]3C[C@H](CO2)[C@H]1C=CC3=O. The molecule has 4 rings (SSSR count). The molecule has 0 amide bonds. The van der Waals surface area contributed by atoms with Gasteiger partial charge in [-0.1, -0.05) is 18.2 Å². The lowest BCUT2D eigenvalue weighted by atomic mass is 9.98. The van der Waals surface area contributed by atoms with E-state index < -0.39 is 0 Å². The Kier molecular flexibility index (Phi) is 2.55. The van der Waals surface area contributed by atoms with Crippen LogP contribution in [0.2, 0.25) is 0 Å². The molecule has 0 spiro atoms. The average Bonchev–Trinajstić information content (AvgIpc) is 2.71. The van der Waals surface area contributed by atoms with Crippen molar-refractivity contribution in [3.63, 3.8) is 0 Å². The molecular weight excluding hydrogens is 250 g/mol. The van der Waals surface area contributed by atoms with E-state index in [2.05, 4.69) is 37.0 Å². The Balaban J connectivity index is 1.82. The van der Waals surface area contributed by atoms with Crippen LogP contribution >= 0.6 is 0 Å². The van der Waals surface area contributed by atoms with E-state index in [-0.39, 0.29) is 11.8 Å². The third-order valence-corrected chi connectivity index (χ3v) is 5.05. The summed E-state index contributed by atoms with van der Waals surface area (Å²) in [5.41, 5.74) is 3.70. The Morgan fingerprint density at radius 1 is 1.25 bits per heavy atom. The molecule has 1 aromatic carbocycles. The van der Waals surface area contributed by atoms with Crippen LogP contribution in [-0.4, -0.2) is 29.4 Å². The summed E-state index contributed by atoms with van der Waals surface area (Å²) in [5.74, 6) is 1.74. The first kappa shape index (κ1) is 12.2. The Morgan fingerprint density at radius 2 is 2.05 bits per heavy atom. The van der Waals surface area contributed by atoms with Crippen molar-refractivity contribution in [2.24, 2.45) is 5.92 Å². The third-order valence-electron chi connectivity index (χ3n) is 5.05. The monoisotopic (exact) mass is 269 g/mol. The molecule has 1 aromatic rings. The van der Waals surface area contributed by atoms with Gasteiger partial charge in [0.05, 0.1) is 12.6 Å². The molecule has 3 aliphatic heterocycles. The highest BCUT2D eigenvalue weighted by Gasteiger charge is 2.46. The van der Waals surface area contributed by atoms with E-state index >= 15 is 0 Å². The van der Waals surface area contributed by atoms with Crippen molar-refractivity contribution in [3.05, 3.63) is 41.0 Å². The van der Waals surface area contributed by atoms with Gasteiger partial charge in [-0.05, 0) is 37.5 Å². The maximum absolute atomic E-state index is 12.1. The summed E-state index contributed by atoms with van der Waals surface area (Å²) >= 11 is 0. The van der Waals surface area contributed by atoms with Gasteiger partial charge in [0.15, 0.2) is 5.78 Å². The van der Waals surface area contributed by atoms with Crippen LogP contribution in [-0.2, 0) is 11.3 Å². The van der Waals surface area contributed by atoms with Crippen LogP contribution in [0.3, 0.4) is 0 Å². The minimum absolute atomic E-state index is 0.0597. The van der Waals surface area contributed by atoms with Crippen molar-refractivity contribution in [3.8, 4) is 5.75 Å². The number of fused-ring (bicyclic) bond motifs is 1. The van der Waals surface area contributed by atoms with E-state index in [0.717, 1.165) is 18.7 Å². The van der Waals surface area contributed by atoms with Crippen LogP contribution in [0.25, 0.3) is 0 Å². The first-order valence-electron chi connectivity index (χ1n) is 7.35. The second-order valence-corrected chi connectivity index (χ2v) is 6.25. The molecule has 3 aliphatic rings. The molecule has 3 heteroatoms. The number of hydrogen-bond donors (Lipinski definition) is 0. The molecule has 0 N–H and O–H groups in total. The van der Waals surface area contributed by atoms with Gasteiger partial charge in [0.2, 0.25) is 0 Å². The Labute approximate surface area is 119 Å². The quantitative estimate of drug-likeness (QED) is 0.724. The Bertz CT molecular complexity index is 620. The molecular formula is C17H19NO2. The lowest BCUT2D eigenvalue weighted by molar-refractivity contribution is -0.119. The topological polar surface area (TPSA) is 29.5 Å². The highest BCUT2D eigenvalue weighted by atomic mass is 16.5. The molecule has 20 heavy (non-hydrogen) atoms. The molecule has 0 radical (unpaired) electrons. The largest absolute Gasteiger partial charge is 0.493 e. The van der Waals surface area contributed by atoms with Gasteiger partial charge in [-0.3, -0.25) is 9.69 Å². The number of carbonyl (C=O) groups excluding carboxylic acids is 1. The van der Waals surface area contributed by atoms with E-state index in [9.17, 15) is 4.79 Å². The average molecular weight is 269 g/mol. The number of benzene rings is 1. The molecule has 1 fully saturated rings. The highest BCUT2D eigenvalue weighted by Crippen LogP contribution is 2.41. The van der Waals surface area contributed by atoms with Crippen molar-refractivity contribution in [1.29, 1.82) is 0 Å². The summed E-state index contributed by atoms with van der Waals surface area (Å²) in [7, 11) is 0. The molecule has 3 heterocycles. The van der Waals surface area contributed by atoms with Crippen LogP contribution in [0, 0.1) is 19.8 Å². The van der Waals surface area contributed by atoms with Gasteiger partial charge < -0.3 is 4.74 Å². The van der Waals surface area contributed by atoms with Gasteiger partial charge in [-0.25, -0.2) is 0 Å². The molecule has 4 atom stereocenters. The summed E-state index contributed by atoms with van der Waals surface area (Å²) in [6, 6.07) is 4.70. The van der Waals surface area contributed by atoms with Crippen LogP contribution in [0.5, 0.6) is 5.75 Å². The van der Waals surface area contributed by atoms with Crippen LogP contribution < -0.4 is 4.74 Å². The van der Waals surface area contributed by atoms with Crippen LogP contribution in [0.4, 0.5) is 0 Å². The Hall–Kier alpha value is -1.61. The number of hydrogen-bond acceptors (Lipinski definition) is 3. The fourth-order valence-corrected chi connectivity index (χ4v) is 3.89. The lowest BCUT2D eigenvalue weighted by Gasteiger charge is -2.34.